The van der Waals surface area contributed by atoms with Gasteiger partial charge in [-0.15, -0.1) is 6.58 Å². The zero-order chi connectivity index (χ0) is 29.1. The van der Waals surface area contributed by atoms with Crippen LogP contribution in [0.1, 0.15) is 46.8 Å². The summed E-state index contributed by atoms with van der Waals surface area (Å²) >= 11 is 0. The number of benzene rings is 3. The Hall–Kier alpha value is -4.59. The van der Waals surface area contributed by atoms with Gasteiger partial charge in [0.05, 0.1) is 13.2 Å². The van der Waals surface area contributed by atoms with E-state index in [9.17, 15) is 4.79 Å². The van der Waals surface area contributed by atoms with Gasteiger partial charge in [0.2, 0.25) is 5.90 Å². The van der Waals surface area contributed by atoms with E-state index in [1.54, 1.807) is 18.2 Å². The standard InChI is InChI=1S/C32H35N5O4/c1-3-18-32(31(39)34-19-17-24-11-9-23(2)10-12-24)29(28-8-5-4-7-26(28)22-35-37-33)41-30(36-32)25-13-15-27(16-14-25)40-21-6-20-38/h3-5,7-16,29,38H,1,6,17-22H2,2H3,(H,34,39)/t29-,32-/m1/s1. The van der Waals surface area contributed by atoms with Crippen molar-refractivity contribution in [3.63, 3.8) is 0 Å². The third-order valence-electron chi connectivity index (χ3n) is 6.95. The Kier molecular flexibility index (Phi) is 10.2. The van der Waals surface area contributed by atoms with Crippen LogP contribution in [0, 0.1) is 6.92 Å². The number of amides is 1. The summed E-state index contributed by atoms with van der Waals surface area (Å²) in [6.07, 6.45) is 2.34. The molecule has 212 valence electrons. The molecule has 0 radical (unpaired) electrons. The van der Waals surface area contributed by atoms with Gasteiger partial charge < -0.3 is 19.9 Å². The molecule has 0 unspecified atom stereocenters. The first-order valence-electron chi connectivity index (χ1n) is 13.6. The Morgan fingerprint density at radius 1 is 1.20 bits per heavy atom. The van der Waals surface area contributed by atoms with E-state index in [1.807, 2.05) is 43.3 Å². The van der Waals surface area contributed by atoms with E-state index < -0.39 is 11.6 Å². The smallest absolute Gasteiger partial charge is 0.252 e. The average Bonchev–Trinajstić information content (AvgIpc) is 3.38. The number of aliphatic hydroxyl groups excluding tert-OH is 1. The summed E-state index contributed by atoms with van der Waals surface area (Å²) in [4.78, 5) is 21.9. The minimum Gasteiger partial charge on any atom is -0.494 e. The van der Waals surface area contributed by atoms with Gasteiger partial charge in [0.15, 0.2) is 11.6 Å². The number of nitrogens with zero attached hydrogens (tertiary/aromatic N) is 4. The molecule has 4 rings (SSSR count). The van der Waals surface area contributed by atoms with Crippen molar-refractivity contribution in [2.24, 2.45) is 10.1 Å². The third kappa shape index (κ3) is 7.14. The zero-order valence-electron chi connectivity index (χ0n) is 23.2. The second-order valence-electron chi connectivity index (χ2n) is 9.86. The summed E-state index contributed by atoms with van der Waals surface area (Å²) in [6.45, 7) is 6.97. The van der Waals surface area contributed by atoms with Gasteiger partial charge in [-0.1, -0.05) is 65.3 Å². The highest BCUT2D eigenvalue weighted by Gasteiger charge is 2.52. The fourth-order valence-corrected chi connectivity index (χ4v) is 4.78. The van der Waals surface area contributed by atoms with Crippen molar-refractivity contribution in [2.45, 2.75) is 44.4 Å². The van der Waals surface area contributed by atoms with Crippen molar-refractivity contribution < 1.29 is 19.4 Å². The zero-order valence-corrected chi connectivity index (χ0v) is 23.2. The van der Waals surface area contributed by atoms with Gasteiger partial charge >= 0.3 is 0 Å². The summed E-state index contributed by atoms with van der Waals surface area (Å²) in [5.41, 5.74) is 12.1. The second-order valence-corrected chi connectivity index (χ2v) is 9.86. The molecule has 3 aromatic rings. The van der Waals surface area contributed by atoms with Crippen LogP contribution in [0.5, 0.6) is 5.75 Å². The van der Waals surface area contributed by atoms with E-state index in [0.29, 0.717) is 43.2 Å². The fraction of sp³-hybridized carbons (Fsp3) is 0.312. The molecule has 9 nitrogen and oxygen atoms in total. The molecule has 1 amide bonds. The summed E-state index contributed by atoms with van der Waals surface area (Å²) in [5.74, 6) is 0.710. The van der Waals surface area contributed by atoms with Gasteiger partial charge in [0, 0.05) is 36.5 Å². The third-order valence-corrected chi connectivity index (χ3v) is 6.95. The van der Waals surface area contributed by atoms with Crippen molar-refractivity contribution in [1.82, 2.24) is 5.32 Å². The fourth-order valence-electron chi connectivity index (χ4n) is 4.78. The van der Waals surface area contributed by atoms with Crippen LogP contribution in [0.2, 0.25) is 0 Å². The maximum absolute atomic E-state index is 14.0. The number of azide groups is 1. The number of carbonyl (C=O) groups is 1. The monoisotopic (exact) mass is 553 g/mol. The van der Waals surface area contributed by atoms with Crippen molar-refractivity contribution in [3.8, 4) is 5.75 Å². The van der Waals surface area contributed by atoms with Crippen LogP contribution in [0.15, 0.2) is 95.6 Å². The van der Waals surface area contributed by atoms with Gasteiger partial charge in [-0.2, -0.15) is 0 Å². The number of rotatable bonds is 14. The number of nitrogens with one attached hydrogen (secondary N) is 1. The molecule has 0 aliphatic carbocycles. The van der Waals surface area contributed by atoms with Crippen molar-refractivity contribution in [2.75, 3.05) is 19.8 Å². The number of aliphatic hydroxyl groups is 1. The van der Waals surface area contributed by atoms with Gasteiger partial charge in [0.25, 0.3) is 5.91 Å². The normalized spacial score (nSPS) is 17.6. The molecule has 1 heterocycles. The van der Waals surface area contributed by atoms with E-state index >= 15 is 0 Å². The highest BCUT2D eigenvalue weighted by Crippen LogP contribution is 2.44. The van der Waals surface area contributed by atoms with E-state index in [2.05, 4.69) is 46.2 Å². The lowest BCUT2D eigenvalue weighted by molar-refractivity contribution is -0.128. The minimum absolute atomic E-state index is 0.0593. The SMILES string of the molecule is C=CC[C@@]1(C(=O)NCCc2ccc(C)cc2)N=C(c2ccc(OCCCO)cc2)O[C@@H]1c1ccccc1CN=[N+]=[N-]. The van der Waals surface area contributed by atoms with E-state index in [0.717, 1.165) is 16.7 Å². The van der Waals surface area contributed by atoms with Crippen LogP contribution in [-0.2, 0) is 22.5 Å². The molecule has 41 heavy (non-hydrogen) atoms. The van der Waals surface area contributed by atoms with Gasteiger partial charge in [-0.25, -0.2) is 4.99 Å². The number of aliphatic imine (C=N–C) groups is 1. The maximum Gasteiger partial charge on any atom is 0.252 e. The quantitative estimate of drug-likeness (QED) is 0.0865. The van der Waals surface area contributed by atoms with Crippen LogP contribution in [0.4, 0.5) is 0 Å². The Morgan fingerprint density at radius 3 is 2.66 bits per heavy atom. The number of hydrogen-bond donors (Lipinski definition) is 2. The minimum atomic E-state index is -1.33. The van der Waals surface area contributed by atoms with Crippen LogP contribution in [-0.4, -0.2) is 42.2 Å². The van der Waals surface area contributed by atoms with Crippen molar-refractivity contribution in [3.05, 3.63) is 124 Å². The molecule has 1 aliphatic heterocycles. The summed E-state index contributed by atoms with van der Waals surface area (Å²) in [7, 11) is 0. The lowest BCUT2D eigenvalue weighted by Crippen LogP contribution is -2.48. The van der Waals surface area contributed by atoms with Gasteiger partial charge in [-0.3, -0.25) is 4.79 Å². The number of carbonyl (C=O) groups excluding carboxylic acids is 1. The number of aryl methyl sites for hydroxylation is 1. The average molecular weight is 554 g/mol. The van der Waals surface area contributed by atoms with Crippen LogP contribution in [0.25, 0.3) is 10.4 Å². The molecule has 1 aliphatic rings. The lowest BCUT2D eigenvalue weighted by Gasteiger charge is -2.30. The Labute approximate surface area is 240 Å². The summed E-state index contributed by atoms with van der Waals surface area (Å²) in [6, 6.07) is 22.9. The molecule has 2 N–H and O–H groups in total. The predicted octanol–water partition coefficient (Wildman–Crippen LogP) is 5.76. The largest absolute Gasteiger partial charge is 0.494 e. The highest BCUT2D eigenvalue weighted by molar-refractivity contribution is 6.01. The number of ether oxygens (including phenoxy) is 2. The predicted molar refractivity (Wildman–Crippen MR) is 159 cm³/mol. The van der Waals surface area contributed by atoms with Crippen molar-refractivity contribution in [1.29, 1.82) is 0 Å². The molecular formula is C32H35N5O4. The van der Waals surface area contributed by atoms with E-state index in [1.165, 1.54) is 5.56 Å². The first-order chi connectivity index (χ1) is 20.0. The molecule has 0 saturated carbocycles. The second kappa shape index (κ2) is 14.2. The van der Waals surface area contributed by atoms with Crippen LogP contribution < -0.4 is 10.1 Å². The Morgan fingerprint density at radius 2 is 1.95 bits per heavy atom. The molecule has 0 bridgehead atoms. The van der Waals surface area contributed by atoms with Crippen LogP contribution >= 0.6 is 0 Å². The van der Waals surface area contributed by atoms with Crippen molar-refractivity contribution >= 4 is 11.8 Å². The maximum atomic E-state index is 14.0. The topological polar surface area (TPSA) is 129 Å². The first-order valence-corrected chi connectivity index (χ1v) is 13.6. The number of hydrogen-bond acceptors (Lipinski definition) is 6. The summed E-state index contributed by atoms with van der Waals surface area (Å²) < 4.78 is 12.1. The molecule has 9 heteroatoms. The molecule has 0 saturated heterocycles. The van der Waals surface area contributed by atoms with E-state index in [-0.39, 0.29) is 25.5 Å². The first kappa shape index (κ1) is 29.4. The Bertz CT molecular complexity index is 1410. The molecule has 2 atom stereocenters. The van der Waals surface area contributed by atoms with E-state index in [4.69, 9.17) is 25.1 Å². The molecule has 0 aromatic heterocycles. The molecule has 0 fully saturated rings. The highest BCUT2D eigenvalue weighted by atomic mass is 16.5. The lowest BCUT2D eigenvalue weighted by atomic mass is 9.82. The molecule has 3 aromatic carbocycles. The summed E-state index contributed by atoms with van der Waals surface area (Å²) in [5, 5.41) is 15.8. The Balaban J connectivity index is 1.67. The molecular weight excluding hydrogens is 518 g/mol. The molecule has 0 spiro atoms. The van der Waals surface area contributed by atoms with Gasteiger partial charge in [0.1, 0.15) is 5.75 Å². The van der Waals surface area contributed by atoms with Gasteiger partial charge in [-0.05, 0) is 59.8 Å². The van der Waals surface area contributed by atoms with Crippen LogP contribution in [0.3, 0.4) is 0 Å².